The monoisotopic (exact) mass is 416 g/mol. The number of unbranched alkanes of at least 4 members (excludes halogenated alkanes) is 1. The molecule has 0 amide bonds. The number of halogens is 1. The van der Waals surface area contributed by atoms with Crippen molar-refractivity contribution in [2.45, 2.75) is 38.7 Å². The SMILES string of the molecule is CC(C)(C)[Si](OC/C=C\CCCBr)(c1ccccc1)c1ccccc1. The lowest BCUT2D eigenvalue weighted by molar-refractivity contribution is 0.339. The minimum Gasteiger partial charge on any atom is -0.404 e. The second-order valence-corrected chi connectivity index (χ2v) is 12.4. The fourth-order valence-corrected chi connectivity index (χ4v) is 8.14. The van der Waals surface area contributed by atoms with Gasteiger partial charge in [-0.25, -0.2) is 0 Å². The number of benzene rings is 2. The fraction of sp³-hybridized carbons (Fsp3) is 0.364. The highest BCUT2D eigenvalue weighted by Gasteiger charge is 2.49. The van der Waals surface area contributed by atoms with E-state index in [2.05, 4.69) is 110 Å². The number of allylic oxidation sites excluding steroid dienone is 1. The molecule has 0 heterocycles. The van der Waals surface area contributed by atoms with Crippen LogP contribution in [0.2, 0.25) is 5.04 Å². The van der Waals surface area contributed by atoms with Crippen molar-refractivity contribution in [1.82, 2.24) is 0 Å². The molecule has 0 saturated carbocycles. The van der Waals surface area contributed by atoms with Gasteiger partial charge in [-0.05, 0) is 28.3 Å². The van der Waals surface area contributed by atoms with Crippen molar-refractivity contribution in [3.8, 4) is 0 Å². The maximum Gasteiger partial charge on any atom is 0.261 e. The smallest absolute Gasteiger partial charge is 0.261 e. The third kappa shape index (κ3) is 4.93. The molecule has 0 aliphatic rings. The summed E-state index contributed by atoms with van der Waals surface area (Å²) < 4.78 is 6.79. The highest BCUT2D eigenvalue weighted by Crippen LogP contribution is 2.36. The quantitative estimate of drug-likeness (QED) is 0.245. The molecular formula is C22H29BrOSi. The molecule has 0 aliphatic heterocycles. The average Bonchev–Trinajstić information content (AvgIpc) is 2.62. The Morgan fingerprint density at radius 1 is 0.880 bits per heavy atom. The van der Waals surface area contributed by atoms with E-state index in [0.717, 1.165) is 18.2 Å². The summed E-state index contributed by atoms with van der Waals surface area (Å²) in [5, 5.41) is 3.76. The van der Waals surface area contributed by atoms with Crippen LogP contribution in [-0.2, 0) is 4.43 Å². The van der Waals surface area contributed by atoms with Gasteiger partial charge >= 0.3 is 0 Å². The summed E-state index contributed by atoms with van der Waals surface area (Å²) in [6.45, 7) is 7.60. The van der Waals surface area contributed by atoms with Crippen LogP contribution in [0.1, 0.15) is 33.6 Å². The first-order chi connectivity index (χ1) is 12.0. The molecule has 0 atom stereocenters. The lowest BCUT2D eigenvalue weighted by Gasteiger charge is -2.42. The van der Waals surface area contributed by atoms with Gasteiger partial charge in [0.05, 0.1) is 6.61 Å². The molecule has 134 valence electrons. The Labute approximate surface area is 162 Å². The van der Waals surface area contributed by atoms with E-state index in [9.17, 15) is 0 Å². The van der Waals surface area contributed by atoms with E-state index in [1.54, 1.807) is 0 Å². The molecule has 0 unspecified atom stereocenters. The lowest BCUT2D eigenvalue weighted by atomic mass is 10.2. The fourth-order valence-electron chi connectivity index (χ4n) is 3.32. The Kier molecular flexibility index (Phi) is 7.67. The molecule has 0 N–H and O–H groups in total. The van der Waals surface area contributed by atoms with Crippen molar-refractivity contribution in [2.75, 3.05) is 11.9 Å². The second kappa shape index (κ2) is 9.51. The minimum atomic E-state index is -2.38. The van der Waals surface area contributed by atoms with E-state index in [1.165, 1.54) is 10.4 Å². The highest BCUT2D eigenvalue weighted by atomic mass is 79.9. The van der Waals surface area contributed by atoms with Crippen molar-refractivity contribution < 1.29 is 4.43 Å². The maximum atomic E-state index is 6.79. The summed E-state index contributed by atoms with van der Waals surface area (Å²) in [5.74, 6) is 0. The Bertz CT molecular complexity index is 607. The first-order valence-electron chi connectivity index (χ1n) is 8.98. The van der Waals surface area contributed by atoms with Crippen LogP contribution >= 0.6 is 15.9 Å². The third-order valence-corrected chi connectivity index (χ3v) is 10.0. The molecule has 0 aliphatic carbocycles. The van der Waals surface area contributed by atoms with Crippen LogP contribution in [-0.4, -0.2) is 20.3 Å². The van der Waals surface area contributed by atoms with Gasteiger partial charge in [0.25, 0.3) is 8.32 Å². The summed E-state index contributed by atoms with van der Waals surface area (Å²) in [4.78, 5) is 0. The average molecular weight is 417 g/mol. The zero-order chi connectivity index (χ0) is 18.2. The third-order valence-electron chi connectivity index (χ3n) is 4.48. The van der Waals surface area contributed by atoms with Gasteiger partial charge in [-0.3, -0.25) is 0 Å². The van der Waals surface area contributed by atoms with E-state index in [0.29, 0.717) is 6.61 Å². The van der Waals surface area contributed by atoms with Crippen molar-refractivity contribution >= 4 is 34.6 Å². The van der Waals surface area contributed by atoms with Crippen LogP contribution in [0.4, 0.5) is 0 Å². The van der Waals surface area contributed by atoms with Gasteiger partial charge in [-0.2, -0.15) is 0 Å². The van der Waals surface area contributed by atoms with Crippen LogP contribution in [0, 0.1) is 0 Å². The zero-order valence-corrected chi connectivity index (χ0v) is 18.1. The number of hydrogen-bond donors (Lipinski definition) is 0. The van der Waals surface area contributed by atoms with Crippen LogP contribution in [0.3, 0.4) is 0 Å². The molecule has 25 heavy (non-hydrogen) atoms. The first-order valence-corrected chi connectivity index (χ1v) is 12.0. The molecule has 2 aromatic carbocycles. The molecule has 3 heteroatoms. The normalized spacial score (nSPS) is 12.6. The van der Waals surface area contributed by atoms with Crippen LogP contribution in [0.5, 0.6) is 0 Å². The Morgan fingerprint density at radius 2 is 1.40 bits per heavy atom. The highest BCUT2D eigenvalue weighted by molar-refractivity contribution is 9.09. The van der Waals surface area contributed by atoms with E-state index in [4.69, 9.17) is 4.43 Å². The molecule has 0 spiro atoms. The van der Waals surface area contributed by atoms with Crippen molar-refractivity contribution in [3.63, 3.8) is 0 Å². The van der Waals surface area contributed by atoms with Gasteiger partial charge in [0.15, 0.2) is 0 Å². The topological polar surface area (TPSA) is 9.23 Å². The van der Waals surface area contributed by atoms with E-state index in [-0.39, 0.29) is 5.04 Å². The molecule has 2 rings (SSSR count). The standard InChI is InChI=1S/C22H29BrOSi/c1-22(2,3)25(20-14-8-6-9-15-20,21-16-10-7-11-17-21)24-19-13-5-4-12-18-23/h5-11,13-17H,4,12,18-19H2,1-3H3/b13-5-. The second-order valence-electron chi connectivity index (χ2n) is 7.28. The number of alkyl halides is 1. The van der Waals surface area contributed by atoms with E-state index >= 15 is 0 Å². The van der Waals surface area contributed by atoms with Crippen LogP contribution in [0.15, 0.2) is 72.8 Å². The van der Waals surface area contributed by atoms with E-state index in [1.807, 2.05) is 0 Å². The van der Waals surface area contributed by atoms with Crippen molar-refractivity contribution in [1.29, 1.82) is 0 Å². The van der Waals surface area contributed by atoms with Gasteiger partial charge in [0.2, 0.25) is 0 Å². The maximum absolute atomic E-state index is 6.79. The summed E-state index contributed by atoms with van der Waals surface area (Å²) >= 11 is 3.48. The summed E-state index contributed by atoms with van der Waals surface area (Å²) in [5.41, 5.74) is 0. The van der Waals surface area contributed by atoms with Gasteiger partial charge in [0.1, 0.15) is 0 Å². The molecule has 1 nitrogen and oxygen atoms in total. The number of rotatable bonds is 8. The Balaban J connectivity index is 2.41. The Hall–Kier alpha value is -1.16. The summed E-state index contributed by atoms with van der Waals surface area (Å²) in [6.07, 6.45) is 6.67. The predicted octanol–water partition coefficient (Wildman–Crippen LogP) is 5.29. The molecule has 0 radical (unpaired) electrons. The zero-order valence-electron chi connectivity index (χ0n) is 15.5. The molecular weight excluding hydrogens is 388 g/mol. The minimum absolute atomic E-state index is 0.0411. The lowest BCUT2D eigenvalue weighted by Crippen LogP contribution is -2.66. The van der Waals surface area contributed by atoms with Crippen molar-refractivity contribution in [3.05, 3.63) is 72.8 Å². The molecule has 0 saturated heterocycles. The molecule has 2 aromatic rings. The predicted molar refractivity (Wildman–Crippen MR) is 116 cm³/mol. The van der Waals surface area contributed by atoms with Crippen molar-refractivity contribution in [2.24, 2.45) is 0 Å². The van der Waals surface area contributed by atoms with Gasteiger partial charge in [-0.1, -0.05) is 110 Å². The molecule has 0 fully saturated rings. The summed E-state index contributed by atoms with van der Waals surface area (Å²) in [6, 6.07) is 21.6. The molecule has 0 bridgehead atoms. The van der Waals surface area contributed by atoms with Gasteiger partial charge in [-0.15, -0.1) is 0 Å². The van der Waals surface area contributed by atoms with Gasteiger partial charge < -0.3 is 4.43 Å². The molecule has 0 aromatic heterocycles. The summed E-state index contributed by atoms with van der Waals surface area (Å²) in [7, 11) is -2.38. The number of hydrogen-bond acceptors (Lipinski definition) is 1. The largest absolute Gasteiger partial charge is 0.404 e. The van der Waals surface area contributed by atoms with Crippen LogP contribution < -0.4 is 10.4 Å². The van der Waals surface area contributed by atoms with Gasteiger partial charge in [0, 0.05) is 5.33 Å². The van der Waals surface area contributed by atoms with Crippen LogP contribution in [0.25, 0.3) is 0 Å². The Morgan fingerprint density at radius 3 is 1.84 bits per heavy atom. The van der Waals surface area contributed by atoms with E-state index < -0.39 is 8.32 Å². The first kappa shape index (κ1) is 20.2.